The van der Waals surface area contributed by atoms with Gasteiger partial charge in [0.05, 0.1) is 11.3 Å². The summed E-state index contributed by atoms with van der Waals surface area (Å²) < 4.78 is 13.1. The Morgan fingerprint density at radius 1 is 1.53 bits per heavy atom. The molecule has 3 nitrogen and oxygen atoms in total. The molecule has 92 valence electrons. The number of halogens is 1. The third-order valence-electron chi connectivity index (χ3n) is 2.95. The molecule has 4 heteroatoms. The molecule has 2 rings (SSSR count). The minimum absolute atomic E-state index is 0.0605. The first kappa shape index (κ1) is 11.9. The molecule has 0 bridgehead atoms. The van der Waals surface area contributed by atoms with Gasteiger partial charge in [-0.05, 0) is 37.5 Å². The van der Waals surface area contributed by atoms with Gasteiger partial charge >= 0.3 is 5.97 Å². The first-order chi connectivity index (χ1) is 8.13. The van der Waals surface area contributed by atoms with E-state index in [9.17, 15) is 9.18 Å². The highest BCUT2D eigenvalue weighted by molar-refractivity contribution is 5.94. The van der Waals surface area contributed by atoms with Crippen LogP contribution in [0, 0.1) is 5.82 Å². The van der Waals surface area contributed by atoms with Crippen molar-refractivity contribution in [1.82, 2.24) is 0 Å². The fourth-order valence-corrected chi connectivity index (χ4v) is 2.06. The lowest BCUT2D eigenvalue weighted by atomic mass is 10.1. The van der Waals surface area contributed by atoms with Crippen molar-refractivity contribution in [2.24, 2.45) is 0 Å². The molecule has 0 amide bonds. The summed E-state index contributed by atoms with van der Waals surface area (Å²) in [6, 6.07) is 4.43. The fourth-order valence-electron chi connectivity index (χ4n) is 2.06. The van der Waals surface area contributed by atoms with Crippen LogP contribution in [-0.4, -0.2) is 23.7 Å². The van der Waals surface area contributed by atoms with E-state index < -0.39 is 11.8 Å². The van der Waals surface area contributed by atoms with Gasteiger partial charge in [0.15, 0.2) is 0 Å². The molecular weight excluding hydrogens is 221 g/mol. The summed E-state index contributed by atoms with van der Waals surface area (Å²) in [7, 11) is 0. The third kappa shape index (κ3) is 2.57. The Bertz CT molecular complexity index is 429. The minimum atomic E-state index is -1.07. The number of carbonyl (C=O) groups is 1. The van der Waals surface area contributed by atoms with Gasteiger partial charge in [0.2, 0.25) is 0 Å². The number of hydrogen-bond acceptors (Lipinski definition) is 2. The molecule has 0 unspecified atom stereocenters. The number of carboxylic acids is 1. The van der Waals surface area contributed by atoms with Crippen molar-refractivity contribution in [1.29, 1.82) is 0 Å². The largest absolute Gasteiger partial charge is 0.478 e. The molecule has 1 aliphatic rings. The zero-order valence-corrected chi connectivity index (χ0v) is 9.82. The zero-order chi connectivity index (χ0) is 12.4. The summed E-state index contributed by atoms with van der Waals surface area (Å²) in [6.45, 7) is 2.87. The van der Waals surface area contributed by atoms with Crippen LogP contribution in [0.3, 0.4) is 0 Å². The lowest BCUT2D eigenvalue weighted by molar-refractivity contribution is 0.0697. The molecular formula is C13H16FNO2. The number of aromatic carboxylic acids is 1. The molecule has 0 aliphatic heterocycles. The SMILES string of the molecule is CCCN(c1ccc(F)cc1C(=O)O)C1CC1. The average Bonchev–Trinajstić information content (AvgIpc) is 3.10. The lowest BCUT2D eigenvalue weighted by Gasteiger charge is -2.25. The third-order valence-corrected chi connectivity index (χ3v) is 2.95. The average molecular weight is 237 g/mol. The molecule has 17 heavy (non-hydrogen) atoms. The van der Waals surface area contributed by atoms with E-state index in [4.69, 9.17) is 5.11 Å². The van der Waals surface area contributed by atoms with Crippen molar-refractivity contribution in [3.05, 3.63) is 29.6 Å². The minimum Gasteiger partial charge on any atom is -0.478 e. The van der Waals surface area contributed by atoms with Crippen LogP contribution in [0.1, 0.15) is 36.5 Å². The molecule has 0 spiro atoms. The molecule has 1 fully saturated rings. The predicted molar refractivity (Wildman–Crippen MR) is 64.0 cm³/mol. The second-order valence-corrected chi connectivity index (χ2v) is 4.39. The van der Waals surface area contributed by atoms with Crippen molar-refractivity contribution >= 4 is 11.7 Å². The maximum Gasteiger partial charge on any atom is 0.337 e. The van der Waals surface area contributed by atoms with E-state index in [1.54, 1.807) is 6.07 Å². The first-order valence-electron chi connectivity index (χ1n) is 5.93. The number of benzene rings is 1. The van der Waals surface area contributed by atoms with Crippen LogP contribution in [-0.2, 0) is 0 Å². The van der Waals surface area contributed by atoms with E-state index in [0.717, 1.165) is 31.9 Å². The van der Waals surface area contributed by atoms with Gasteiger partial charge in [-0.15, -0.1) is 0 Å². The Morgan fingerprint density at radius 2 is 2.24 bits per heavy atom. The fraction of sp³-hybridized carbons (Fsp3) is 0.462. The number of rotatable bonds is 5. The van der Waals surface area contributed by atoms with Gasteiger partial charge in [-0.1, -0.05) is 6.92 Å². The summed E-state index contributed by atoms with van der Waals surface area (Å²) in [5.41, 5.74) is 0.702. The molecule has 0 radical (unpaired) electrons. The summed E-state index contributed by atoms with van der Waals surface area (Å²) in [5, 5.41) is 9.12. The number of nitrogens with zero attached hydrogens (tertiary/aromatic N) is 1. The summed E-state index contributed by atoms with van der Waals surface area (Å²) in [5.74, 6) is -1.57. The maximum absolute atomic E-state index is 13.1. The molecule has 1 aromatic rings. The monoisotopic (exact) mass is 237 g/mol. The van der Waals surface area contributed by atoms with Gasteiger partial charge in [-0.3, -0.25) is 0 Å². The van der Waals surface area contributed by atoms with Crippen molar-refractivity contribution in [2.45, 2.75) is 32.2 Å². The van der Waals surface area contributed by atoms with E-state index in [1.807, 2.05) is 0 Å². The molecule has 1 saturated carbocycles. The van der Waals surface area contributed by atoms with E-state index in [0.29, 0.717) is 11.7 Å². The van der Waals surface area contributed by atoms with Gasteiger partial charge in [-0.25, -0.2) is 9.18 Å². The Morgan fingerprint density at radius 3 is 2.76 bits per heavy atom. The summed E-state index contributed by atoms with van der Waals surface area (Å²) >= 11 is 0. The van der Waals surface area contributed by atoms with Crippen molar-refractivity contribution in [3.63, 3.8) is 0 Å². The van der Waals surface area contributed by atoms with E-state index in [-0.39, 0.29) is 5.56 Å². The van der Waals surface area contributed by atoms with Gasteiger partial charge < -0.3 is 10.0 Å². The van der Waals surface area contributed by atoms with Crippen molar-refractivity contribution in [3.8, 4) is 0 Å². The van der Waals surface area contributed by atoms with Crippen LogP contribution in [0.2, 0.25) is 0 Å². The molecule has 0 atom stereocenters. The lowest BCUT2D eigenvalue weighted by Crippen LogP contribution is -2.28. The second-order valence-electron chi connectivity index (χ2n) is 4.39. The zero-order valence-electron chi connectivity index (χ0n) is 9.82. The van der Waals surface area contributed by atoms with E-state index >= 15 is 0 Å². The highest BCUT2D eigenvalue weighted by Crippen LogP contribution is 2.34. The number of hydrogen-bond donors (Lipinski definition) is 1. The van der Waals surface area contributed by atoms with Crippen LogP contribution < -0.4 is 4.90 Å². The molecule has 0 aromatic heterocycles. The van der Waals surface area contributed by atoms with Crippen LogP contribution in [0.25, 0.3) is 0 Å². The Balaban J connectivity index is 2.37. The van der Waals surface area contributed by atoms with Crippen LogP contribution in [0.4, 0.5) is 10.1 Å². The van der Waals surface area contributed by atoms with Gasteiger partial charge in [0, 0.05) is 12.6 Å². The van der Waals surface area contributed by atoms with Crippen LogP contribution in [0.15, 0.2) is 18.2 Å². The van der Waals surface area contributed by atoms with Crippen molar-refractivity contribution in [2.75, 3.05) is 11.4 Å². The Kier molecular flexibility index (Phi) is 3.31. The second kappa shape index (κ2) is 4.73. The highest BCUT2D eigenvalue weighted by Gasteiger charge is 2.30. The van der Waals surface area contributed by atoms with Gasteiger partial charge in [0.25, 0.3) is 0 Å². The van der Waals surface area contributed by atoms with Crippen LogP contribution in [0.5, 0.6) is 0 Å². The number of carboxylic acid groups (broad SMARTS) is 1. The summed E-state index contributed by atoms with van der Waals surface area (Å²) in [4.78, 5) is 13.2. The predicted octanol–water partition coefficient (Wildman–Crippen LogP) is 2.90. The normalized spacial score (nSPS) is 14.7. The molecule has 1 N–H and O–H groups in total. The van der Waals surface area contributed by atoms with E-state index in [2.05, 4.69) is 11.8 Å². The summed E-state index contributed by atoms with van der Waals surface area (Å²) in [6.07, 6.45) is 3.14. The Labute approximate surface area is 99.9 Å². The van der Waals surface area contributed by atoms with Gasteiger partial charge in [-0.2, -0.15) is 0 Å². The molecule has 1 aliphatic carbocycles. The van der Waals surface area contributed by atoms with E-state index in [1.165, 1.54) is 6.07 Å². The maximum atomic E-state index is 13.1. The topological polar surface area (TPSA) is 40.5 Å². The smallest absolute Gasteiger partial charge is 0.337 e. The first-order valence-corrected chi connectivity index (χ1v) is 5.93. The Hall–Kier alpha value is -1.58. The van der Waals surface area contributed by atoms with Crippen LogP contribution >= 0.6 is 0 Å². The molecule has 1 aromatic carbocycles. The highest BCUT2D eigenvalue weighted by atomic mass is 19.1. The molecule has 0 saturated heterocycles. The van der Waals surface area contributed by atoms with Crippen molar-refractivity contribution < 1.29 is 14.3 Å². The van der Waals surface area contributed by atoms with Gasteiger partial charge in [0.1, 0.15) is 5.82 Å². The quantitative estimate of drug-likeness (QED) is 0.856. The molecule has 0 heterocycles. The number of anilines is 1. The standard InChI is InChI=1S/C13H16FNO2/c1-2-7-15(10-4-5-10)12-6-3-9(14)8-11(12)13(16)17/h3,6,8,10H,2,4-5,7H2,1H3,(H,16,17).